The van der Waals surface area contributed by atoms with Gasteiger partial charge in [0.05, 0.1) is 11.5 Å². The summed E-state index contributed by atoms with van der Waals surface area (Å²) in [6.45, 7) is 7.58. The number of hydrogen-bond donors (Lipinski definition) is 1. The first-order valence-corrected chi connectivity index (χ1v) is 12.5. The molecule has 0 aromatic heterocycles. The number of imide groups is 1. The number of rotatable bonds is 10. The number of hydrogen-bond acceptors (Lipinski definition) is 7. The molecule has 0 spiro atoms. The summed E-state index contributed by atoms with van der Waals surface area (Å²) in [6, 6.07) is 14.4. The minimum atomic E-state index is -0.620. The number of thioether (sulfide) groups is 1. The zero-order chi connectivity index (χ0) is 26.2. The first-order chi connectivity index (χ1) is 17.1. The highest BCUT2D eigenvalue weighted by Gasteiger charge is 2.36. The molecule has 0 radical (unpaired) electrons. The van der Waals surface area contributed by atoms with Crippen molar-refractivity contribution in [3.05, 3.63) is 64.6 Å². The van der Waals surface area contributed by atoms with Crippen molar-refractivity contribution >= 4 is 46.5 Å². The highest BCUT2D eigenvalue weighted by atomic mass is 32.2. The van der Waals surface area contributed by atoms with E-state index in [1.54, 1.807) is 30.3 Å². The molecule has 2 aromatic rings. The average molecular weight is 511 g/mol. The second-order valence-corrected chi connectivity index (χ2v) is 9.99. The maximum atomic E-state index is 12.6. The van der Waals surface area contributed by atoms with Crippen molar-refractivity contribution in [2.24, 2.45) is 5.92 Å². The standard InChI is InChI=1S/C27H30N2O6S/c1-17(2)15-35-25(31)14-29-26(32)23(36-27(29)33)13-19-9-11-20(12-10-19)34-16-24(30)28-22-8-6-5-7-21(22)18(3)4/h5-13,17-18H,14-16H2,1-4H3,(H,28,30)/b23-13+. The molecule has 8 nitrogen and oxygen atoms in total. The van der Waals surface area contributed by atoms with Gasteiger partial charge < -0.3 is 14.8 Å². The Morgan fingerprint density at radius 1 is 1.03 bits per heavy atom. The van der Waals surface area contributed by atoms with Crippen LogP contribution >= 0.6 is 11.8 Å². The van der Waals surface area contributed by atoms with Crippen molar-refractivity contribution in [1.82, 2.24) is 4.90 Å². The fraction of sp³-hybridized carbons (Fsp3) is 0.333. The van der Waals surface area contributed by atoms with Crippen molar-refractivity contribution in [1.29, 1.82) is 0 Å². The fourth-order valence-corrected chi connectivity index (χ4v) is 4.17. The van der Waals surface area contributed by atoms with Crippen molar-refractivity contribution in [3.8, 4) is 5.75 Å². The second-order valence-electron chi connectivity index (χ2n) is 8.99. The largest absolute Gasteiger partial charge is 0.484 e. The van der Waals surface area contributed by atoms with Gasteiger partial charge in [0.1, 0.15) is 12.3 Å². The zero-order valence-electron chi connectivity index (χ0n) is 20.8. The van der Waals surface area contributed by atoms with Gasteiger partial charge in [-0.05, 0) is 59.0 Å². The van der Waals surface area contributed by atoms with E-state index in [9.17, 15) is 19.2 Å². The van der Waals surface area contributed by atoms with Gasteiger partial charge >= 0.3 is 5.97 Å². The fourth-order valence-electron chi connectivity index (χ4n) is 3.33. The Hall–Kier alpha value is -3.59. The Kier molecular flexibility index (Phi) is 9.30. The number of benzene rings is 2. The van der Waals surface area contributed by atoms with E-state index in [1.807, 2.05) is 38.1 Å². The molecule has 36 heavy (non-hydrogen) atoms. The third-order valence-electron chi connectivity index (χ3n) is 5.14. The van der Waals surface area contributed by atoms with Crippen LogP contribution in [-0.2, 0) is 19.1 Å². The Balaban J connectivity index is 1.55. The molecule has 2 aromatic carbocycles. The highest BCUT2D eigenvalue weighted by Crippen LogP contribution is 2.32. The molecule has 1 heterocycles. The number of ether oxygens (including phenoxy) is 2. The van der Waals surface area contributed by atoms with Gasteiger partial charge in [-0.15, -0.1) is 0 Å². The average Bonchev–Trinajstić information content (AvgIpc) is 3.09. The van der Waals surface area contributed by atoms with Gasteiger partial charge in [-0.2, -0.15) is 0 Å². The van der Waals surface area contributed by atoms with Crippen LogP contribution in [0.2, 0.25) is 0 Å². The van der Waals surface area contributed by atoms with E-state index in [1.165, 1.54) is 0 Å². The van der Waals surface area contributed by atoms with Gasteiger partial charge in [0.2, 0.25) is 0 Å². The summed E-state index contributed by atoms with van der Waals surface area (Å²) in [6.07, 6.45) is 1.57. The van der Waals surface area contributed by atoms with E-state index in [0.29, 0.717) is 11.3 Å². The smallest absolute Gasteiger partial charge is 0.326 e. The number of carbonyl (C=O) groups is 4. The third kappa shape index (κ3) is 7.45. The molecule has 0 atom stereocenters. The number of nitrogens with one attached hydrogen (secondary N) is 1. The molecule has 1 fully saturated rings. The lowest BCUT2D eigenvalue weighted by atomic mass is 10.0. The Labute approximate surface area is 215 Å². The minimum absolute atomic E-state index is 0.155. The van der Waals surface area contributed by atoms with Crippen molar-refractivity contribution in [2.75, 3.05) is 25.1 Å². The number of anilines is 1. The van der Waals surface area contributed by atoms with E-state index in [4.69, 9.17) is 9.47 Å². The van der Waals surface area contributed by atoms with Crippen molar-refractivity contribution in [2.45, 2.75) is 33.6 Å². The number of carbonyl (C=O) groups excluding carboxylic acids is 4. The molecule has 1 aliphatic rings. The summed E-state index contributed by atoms with van der Waals surface area (Å²) in [5, 5.41) is 2.36. The third-order valence-corrected chi connectivity index (χ3v) is 6.05. The summed E-state index contributed by atoms with van der Waals surface area (Å²) in [5.41, 5.74) is 2.48. The summed E-state index contributed by atoms with van der Waals surface area (Å²) in [7, 11) is 0. The Bertz CT molecular complexity index is 1160. The lowest BCUT2D eigenvalue weighted by Crippen LogP contribution is -2.34. The Morgan fingerprint density at radius 3 is 2.39 bits per heavy atom. The van der Waals surface area contributed by atoms with Crippen LogP contribution in [0.5, 0.6) is 5.75 Å². The molecule has 3 amide bonds. The molecule has 0 aliphatic carbocycles. The number of nitrogens with zero attached hydrogens (tertiary/aromatic N) is 1. The normalized spacial score (nSPS) is 14.6. The van der Waals surface area contributed by atoms with E-state index in [0.717, 1.165) is 27.9 Å². The molecule has 0 saturated carbocycles. The summed E-state index contributed by atoms with van der Waals surface area (Å²) in [5.74, 6) is -0.509. The topological polar surface area (TPSA) is 102 Å². The summed E-state index contributed by atoms with van der Waals surface area (Å²) in [4.78, 5) is 50.2. The minimum Gasteiger partial charge on any atom is -0.484 e. The SMILES string of the molecule is CC(C)COC(=O)CN1C(=O)S/C(=C/c2ccc(OCC(=O)Nc3ccccc3C(C)C)cc2)C1=O. The van der Waals surface area contributed by atoms with Crippen LogP contribution in [0.15, 0.2) is 53.4 Å². The lowest BCUT2D eigenvalue weighted by molar-refractivity contribution is -0.147. The van der Waals surface area contributed by atoms with E-state index in [2.05, 4.69) is 19.2 Å². The molecule has 1 N–H and O–H groups in total. The first kappa shape index (κ1) is 27.0. The van der Waals surface area contributed by atoms with Crippen LogP contribution in [0.4, 0.5) is 10.5 Å². The van der Waals surface area contributed by atoms with Crippen LogP contribution < -0.4 is 10.1 Å². The summed E-state index contributed by atoms with van der Waals surface area (Å²) >= 11 is 0.772. The Morgan fingerprint density at radius 2 is 1.72 bits per heavy atom. The molecule has 9 heteroatoms. The van der Waals surface area contributed by atoms with Crippen LogP contribution in [-0.4, -0.2) is 47.7 Å². The molecule has 0 bridgehead atoms. The predicted octanol–water partition coefficient (Wildman–Crippen LogP) is 5.06. The van der Waals surface area contributed by atoms with Crippen LogP contribution in [0.1, 0.15) is 44.7 Å². The van der Waals surface area contributed by atoms with Gasteiger partial charge in [0.25, 0.3) is 17.1 Å². The number of para-hydroxylation sites is 1. The monoisotopic (exact) mass is 510 g/mol. The highest BCUT2D eigenvalue weighted by molar-refractivity contribution is 8.18. The molecular formula is C27H30N2O6S. The maximum Gasteiger partial charge on any atom is 0.326 e. The van der Waals surface area contributed by atoms with Crippen LogP contribution in [0.3, 0.4) is 0 Å². The molecule has 190 valence electrons. The number of esters is 1. The zero-order valence-corrected chi connectivity index (χ0v) is 21.6. The lowest BCUT2D eigenvalue weighted by Gasteiger charge is -2.14. The van der Waals surface area contributed by atoms with E-state index in [-0.39, 0.29) is 35.9 Å². The quantitative estimate of drug-likeness (QED) is 0.352. The maximum absolute atomic E-state index is 12.6. The van der Waals surface area contributed by atoms with Gasteiger partial charge in [0, 0.05) is 5.69 Å². The molecule has 3 rings (SSSR count). The van der Waals surface area contributed by atoms with Gasteiger partial charge in [0.15, 0.2) is 6.61 Å². The first-order valence-electron chi connectivity index (χ1n) is 11.7. The molecular weight excluding hydrogens is 480 g/mol. The van der Waals surface area contributed by atoms with Gasteiger partial charge in [-0.1, -0.05) is 58.0 Å². The van der Waals surface area contributed by atoms with Crippen molar-refractivity contribution in [3.63, 3.8) is 0 Å². The van der Waals surface area contributed by atoms with Gasteiger partial charge in [-0.25, -0.2) is 0 Å². The van der Waals surface area contributed by atoms with E-state index < -0.39 is 23.7 Å². The summed E-state index contributed by atoms with van der Waals surface area (Å²) < 4.78 is 10.6. The molecule has 0 unspecified atom stereocenters. The van der Waals surface area contributed by atoms with Crippen LogP contribution in [0.25, 0.3) is 6.08 Å². The van der Waals surface area contributed by atoms with E-state index >= 15 is 0 Å². The number of amides is 3. The van der Waals surface area contributed by atoms with Crippen molar-refractivity contribution < 1.29 is 28.7 Å². The molecule has 1 saturated heterocycles. The predicted molar refractivity (Wildman–Crippen MR) is 140 cm³/mol. The second kappa shape index (κ2) is 12.4. The van der Waals surface area contributed by atoms with Gasteiger partial charge in [-0.3, -0.25) is 24.1 Å². The van der Waals surface area contributed by atoms with Crippen LogP contribution in [0, 0.1) is 5.92 Å². The molecule has 1 aliphatic heterocycles.